The summed E-state index contributed by atoms with van der Waals surface area (Å²) in [6, 6.07) is 0. The zero-order valence-electron chi connectivity index (χ0n) is 2.12. The minimum atomic E-state index is -4.67. The number of hydrogen-bond donors (Lipinski definition) is 2. The first-order valence-corrected chi connectivity index (χ1v) is 2.10. The average molecular weight is 254 g/mol. The van der Waals surface area contributed by atoms with Gasteiger partial charge in [-0.2, -0.15) is 8.42 Å². The molecule has 0 aliphatic carbocycles. The molecular weight excluding hydrogens is 247 g/mol. The van der Waals surface area contributed by atoms with E-state index in [9.17, 15) is 0 Å². The van der Waals surface area contributed by atoms with Crippen molar-refractivity contribution >= 4 is 123 Å². The summed E-state index contributed by atoms with van der Waals surface area (Å²) in [6.07, 6.45) is 0. The van der Waals surface area contributed by atoms with E-state index in [0.29, 0.717) is 0 Å². The summed E-state index contributed by atoms with van der Waals surface area (Å²) in [6.45, 7) is 0. The van der Waals surface area contributed by atoms with Crippen molar-refractivity contribution in [1.82, 2.24) is 0 Å². The van der Waals surface area contributed by atoms with Crippen LogP contribution >= 0.6 is 0 Å². The van der Waals surface area contributed by atoms with Gasteiger partial charge in [-0.05, 0) is 0 Å². The van der Waals surface area contributed by atoms with Crippen LogP contribution in [0, 0.1) is 0 Å². The maximum atomic E-state index is 8.74. The standard InChI is InChI=1S/Ca.Na.H2O4S.Sr.5H/c;;1-5(2,3)4;;;;;;/h;;(H2,1,2,3,4);;;;;;. The molecule has 2 N–H and O–H groups in total. The van der Waals surface area contributed by atoms with Gasteiger partial charge < -0.3 is 0 Å². The monoisotopic (exact) mass is 254 g/mol. The maximum absolute atomic E-state index is 8.74. The molecule has 0 aliphatic rings. The van der Waals surface area contributed by atoms with Crippen molar-refractivity contribution in [3.63, 3.8) is 0 Å². The van der Waals surface area contributed by atoms with Gasteiger partial charge in [0.15, 0.2) is 0 Å². The Hall–Kier alpha value is 3.61. The summed E-state index contributed by atoms with van der Waals surface area (Å²) in [5, 5.41) is 0. The molecule has 0 fully saturated rings. The molecule has 0 aromatic heterocycles. The van der Waals surface area contributed by atoms with Crippen LogP contribution in [0.3, 0.4) is 0 Å². The second-order valence-corrected chi connectivity index (χ2v) is 1.34. The number of hydrogen-bond acceptors (Lipinski definition) is 2. The first-order chi connectivity index (χ1) is 2.00. The van der Waals surface area contributed by atoms with E-state index in [4.69, 9.17) is 17.5 Å². The third-order valence-corrected chi connectivity index (χ3v) is 0. The molecular formula is H7CaNaO4SSr. The van der Waals surface area contributed by atoms with Gasteiger partial charge in [0.05, 0.1) is 0 Å². The molecule has 0 aromatic rings. The molecule has 42 valence electrons. The first-order valence-electron chi connectivity index (χ1n) is 0.698. The van der Waals surface area contributed by atoms with Crippen molar-refractivity contribution in [3.05, 3.63) is 0 Å². The van der Waals surface area contributed by atoms with Crippen molar-refractivity contribution in [2.24, 2.45) is 0 Å². The quantitative estimate of drug-likeness (QED) is 0.354. The molecule has 0 saturated carbocycles. The Morgan fingerprint density at radius 1 is 1.12 bits per heavy atom. The summed E-state index contributed by atoms with van der Waals surface area (Å²) in [4.78, 5) is 0. The predicted molar refractivity (Wildman–Crippen MR) is 38.4 cm³/mol. The van der Waals surface area contributed by atoms with Crippen LogP contribution < -0.4 is 0 Å². The zero-order chi connectivity index (χ0) is 4.50. The van der Waals surface area contributed by atoms with E-state index in [-0.39, 0.29) is 113 Å². The molecule has 0 unspecified atom stereocenters. The molecule has 8 heteroatoms. The van der Waals surface area contributed by atoms with Crippen LogP contribution in [0.5, 0.6) is 0 Å². The summed E-state index contributed by atoms with van der Waals surface area (Å²) in [7, 11) is -4.67. The minimum absolute atomic E-state index is 0. The molecule has 0 aromatic carbocycles. The third-order valence-electron chi connectivity index (χ3n) is 0. The molecule has 0 heterocycles. The molecule has 8 heavy (non-hydrogen) atoms. The van der Waals surface area contributed by atoms with Crippen LogP contribution in [0.2, 0.25) is 0 Å². The van der Waals surface area contributed by atoms with Gasteiger partial charge in [-0.1, -0.05) is 0 Å². The van der Waals surface area contributed by atoms with E-state index >= 15 is 0 Å². The van der Waals surface area contributed by atoms with Crippen LogP contribution in [0.15, 0.2) is 0 Å². The van der Waals surface area contributed by atoms with E-state index in [1.54, 1.807) is 0 Å². The summed E-state index contributed by atoms with van der Waals surface area (Å²) in [5.74, 6) is 0. The van der Waals surface area contributed by atoms with Gasteiger partial charge in [0, 0.05) is 0 Å². The zero-order valence-corrected chi connectivity index (χ0v) is 2.94. The third kappa shape index (κ3) is 54.7. The molecule has 0 amide bonds. The molecule has 0 bridgehead atoms. The van der Waals surface area contributed by atoms with Gasteiger partial charge in [0.25, 0.3) is 0 Å². The topological polar surface area (TPSA) is 74.6 Å². The van der Waals surface area contributed by atoms with Crippen molar-refractivity contribution in [2.45, 2.75) is 0 Å². The van der Waals surface area contributed by atoms with Crippen LogP contribution in [0.25, 0.3) is 0 Å². The second-order valence-electron chi connectivity index (χ2n) is 0.448. The van der Waals surface area contributed by atoms with Crippen molar-refractivity contribution in [2.75, 3.05) is 0 Å². The number of rotatable bonds is 0. The van der Waals surface area contributed by atoms with Gasteiger partial charge in [0.1, 0.15) is 0 Å². The van der Waals surface area contributed by atoms with Gasteiger partial charge in [-0.3, -0.25) is 9.11 Å². The van der Waals surface area contributed by atoms with Crippen molar-refractivity contribution in [1.29, 1.82) is 0 Å². The molecule has 0 rings (SSSR count). The Balaban J connectivity index is -0.0000000267. The second kappa shape index (κ2) is 10.6. The van der Waals surface area contributed by atoms with Crippen LogP contribution in [0.4, 0.5) is 0 Å². The van der Waals surface area contributed by atoms with Gasteiger partial charge in [-0.25, -0.2) is 0 Å². The fourth-order valence-electron chi connectivity index (χ4n) is 0. The Labute approximate surface area is 137 Å². The van der Waals surface area contributed by atoms with Crippen LogP contribution in [-0.2, 0) is 10.4 Å². The van der Waals surface area contributed by atoms with E-state index in [2.05, 4.69) is 0 Å². The van der Waals surface area contributed by atoms with Crippen LogP contribution in [0.1, 0.15) is 0 Å². The normalized spacial score (nSPS) is 7.25. The molecule has 4 nitrogen and oxygen atoms in total. The van der Waals surface area contributed by atoms with Gasteiger partial charge in [-0.15, -0.1) is 0 Å². The van der Waals surface area contributed by atoms with Crippen LogP contribution in [-0.4, -0.2) is 130 Å². The Morgan fingerprint density at radius 2 is 1.12 bits per heavy atom. The Bertz CT molecular complexity index is 99.2. The van der Waals surface area contributed by atoms with Crippen molar-refractivity contribution < 1.29 is 17.5 Å². The molecule has 0 aliphatic heterocycles. The Kier molecular flexibility index (Phi) is 29.9. The van der Waals surface area contributed by atoms with E-state index in [1.165, 1.54) is 0 Å². The van der Waals surface area contributed by atoms with E-state index in [1.807, 2.05) is 0 Å². The fourth-order valence-corrected chi connectivity index (χ4v) is 0. The van der Waals surface area contributed by atoms with Gasteiger partial charge >= 0.3 is 123 Å². The summed E-state index contributed by atoms with van der Waals surface area (Å²) >= 11 is 0. The Morgan fingerprint density at radius 3 is 1.12 bits per heavy atom. The van der Waals surface area contributed by atoms with Crippen molar-refractivity contribution in [3.8, 4) is 0 Å². The molecule has 0 saturated heterocycles. The predicted octanol–water partition coefficient (Wildman–Crippen LogP) is -3.13. The fraction of sp³-hybridized carbons (Fsp3) is 0. The van der Waals surface area contributed by atoms with E-state index in [0.717, 1.165) is 0 Å². The molecule has 0 radical (unpaired) electrons. The average Bonchev–Trinajstić information content (AvgIpc) is 0.722. The van der Waals surface area contributed by atoms with E-state index < -0.39 is 10.4 Å². The first kappa shape index (κ1) is 22.6. The molecule has 0 spiro atoms. The summed E-state index contributed by atoms with van der Waals surface area (Å²) < 4.78 is 31.6. The molecule has 0 atom stereocenters. The SMILES string of the molecule is O=S(=O)(O)O.[CaH2].[NaH].[SrH2]. The van der Waals surface area contributed by atoms with Gasteiger partial charge in [0.2, 0.25) is 0 Å². The summed E-state index contributed by atoms with van der Waals surface area (Å²) in [5.41, 5.74) is 0.